The second-order valence-corrected chi connectivity index (χ2v) is 2.30. The van der Waals surface area contributed by atoms with Gasteiger partial charge in [-0.3, -0.25) is 0 Å². The van der Waals surface area contributed by atoms with Gasteiger partial charge in [-0.15, -0.1) is 13.2 Å². The number of ether oxygens (including phenoxy) is 3. The Kier molecular flexibility index (Phi) is 37.2. The molecule has 0 fully saturated rings. The quantitative estimate of drug-likeness (QED) is 0.382. The molecule has 0 bridgehead atoms. The fourth-order valence-corrected chi connectivity index (χ4v) is 0.439. The first kappa shape index (κ1) is 20.4. The van der Waals surface area contributed by atoms with E-state index in [-0.39, 0.29) is 0 Å². The summed E-state index contributed by atoms with van der Waals surface area (Å²) >= 11 is 0. The molecule has 0 rings (SSSR count). The van der Waals surface area contributed by atoms with E-state index < -0.39 is 0 Å². The summed E-state index contributed by atoms with van der Waals surface area (Å²) in [5.74, 6) is 0. The van der Waals surface area contributed by atoms with Crippen LogP contribution < -0.4 is 0 Å². The first-order valence-corrected chi connectivity index (χ1v) is 5.25. The summed E-state index contributed by atoms with van der Waals surface area (Å²) in [5, 5.41) is 0. The Morgan fingerprint density at radius 1 is 0.875 bits per heavy atom. The van der Waals surface area contributed by atoms with E-state index in [4.69, 9.17) is 9.47 Å². The molecule has 0 atom stereocenters. The second-order valence-electron chi connectivity index (χ2n) is 2.30. The van der Waals surface area contributed by atoms with Crippen LogP contribution in [0.5, 0.6) is 0 Å². The van der Waals surface area contributed by atoms with E-state index in [2.05, 4.69) is 24.5 Å². The highest BCUT2D eigenvalue weighted by Gasteiger charge is 1.70. The maximum absolute atomic E-state index is 4.90. The van der Waals surface area contributed by atoms with Gasteiger partial charge in [-0.1, -0.05) is 18.7 Å². The van der Waals surface area contributed by atoms with Gasteiger partial charge in [-0.05, 0) is 13.8 Å². The predicted octanol–water partition coefficient (Wildman–Crippen LogP) is 3.19. The lowest BCUT2D eigenvalue weighted by Gasteiger charge is -1.89. The lowest BCUT2D eigenvalue weighted by atomic mass is 10.6. The monoisotopic (exact) mass is 230 g/mol. The molecule has 0 saturated heterocycles. The van der Waals surface area contributed by atoms with E-state index in [9.17, 15) is 0 Å². The van der Waals surface area contributed by atoms with Crippen LogP contribution in [-0.2, 0) is 14.2 Å². The topological polar surface area (TPSA) is 27.7 Å². The molecule has 3 nitrogen and oxygen atoms in total. The highest BCUT2D eigenvalue weighted by molar-refractivity contribution is 4.68. The second kappa shape index (κ2) is 29.2. The van der Waals surface area contributed by atoms with Crippen molar-refractivity contribution in [3.05, 3.63) is 38.2 Å². The molecule has 0 aliphatic carbocycles. The largest absolute Gasteiger partial charge is 0.505 e. The summed E-state index contributed by atoms with van der Waals surface area (Å²) in [4.78, 5) is 0. The molecule has 0 unspecified atom stereocenters. The smallest absolute Gasteiger partial charge is 0.0766 e. The van der Waals surface area contributed by atoms with Crippen LogP contribution in [0.15, 0.2) is 38.2 Å². The van der Waals surface area contributed by atoms with Gasteiger partial charge in [0.1, 0.15) is 0 Å². The van der Waals surface area contributed by atoms with E-state index in [0.29, 0.717) is 13.2 Å². The summed E-state index contributed by atoms with van der Waals surface area (Å²) in [5.41, 5.74) is 0. The van der Waals surface area contributed by atoms with Crippen molar-refractivity contribution in [2.24, 2.45) is 0 Å². The Morgan fingerprint density at radius 2 is 1.25 bits per heavy atom. The number of rotatable bonds is 7. The SMILES string of the molecule is C=CCOCC=C.C=COC.CCOCC. The molecule has 0 heterocycles. The summed E-state index contributed by atoms with van der Waals surface area (Å²) < 4.78 is 14.0. The van der Waals surface area contributed by atoms with Crippen LogP contribution in [0.3, 0.4) is 0 Å². The fourth-order valence-electron chi connectivity index (χ4n) is 0.439. The lowest BCUT2D eigenvalue weighted by molar-refractivity contribution is 0.162. The minimum Gasteiger partial charge on any atom is -0.505 e. The van der Waals surface area contributed by atoms with Crippen LogP contribution in [-0.4, -0.2) is 33.5 Å². The van der Waals surface area contributed by atoms with E-state index >= 15 is 0 Å². The van der Waals surface area contributed by atoms with Crippen LogP contribution >= 0.6 is 0 Å². The van der Waals surface area contributed by atoms with E-state index in [0.717, 1.165) is 13.2 Å². The van der Waals surface area contributed by atoms with Gasteiger partial charge in [-0.25, -0.2) is 0 Å². The lowest BCUT2D eigenvalue weighted by Crippen LogP contribution is -1.87. The molecule has 3 heteroatoms. The van der Waals surface area contributed by atoms with Gasteiger partial charge in [0.15, 0.2) is 0 Å². The van der Waals surface area contributed by atoms with Crippen molar-refractivity contribution in [1.82, 2.24) is 0 Å². The van der Waals surface area contributed by atoms with E-state index in [1.165, 1.54) is 6.26 Å². The minimum atomic E-state index is 0.617. The molecular formula is C13H26O3. The van der Waals surface area contributed by atoms with E-state index in [1.54, 1.807) is 19.3 Å². The molecule has 0 spiro atoms. The van der Waals surface area contributed by atoms with Crippen LogP contribution in [0.1, 0.15) is 13.8 Å². The molecule has 0 radical (unpaired) electrons. The predicted molar refractivity (Wildman–Crippen MR) is 70.6 cm³/mol. The third-order valence-corrected chi connectivity index (χ3v) is 1.05. The number of hydrogen-bond donors (Lipinski definition) is 0. The third-order valence-electron chi connectivity index (χ3n) is 1.05. The molecule has 0 aromatic heterocycles. The van der Waals surface area contributed by atoms with Crippen LogP contribution in [0.4, 0.5) is 0 Å². The van der Waals surface area contributed by atoms with Crippen LogP contribution in [0.25, 0.3) is 0 Å². The molecule has 96 valence electrons. The molecule has 0 saturated carbocycles. The Labute approximate surface area is 100 Å². The zero-order chi connectivity index (χ0) is 13.1. The zero-order valence-corrected chi connectivity index (χ0v) is 10.9. The van der Waals surface area contributed by atoms with Crippen molar-refractivity contribution in [1.29, 1.82) is 0 Å². The Bertz CT molecular complexity index is 123. The first-order chi connectivity index (χ1) is 7.74. The van der Waals surface area contributed by atoms with Gasteiger partial charge in [0.25, 0.3) is 0 Å². The average molecular weight is 230 g/mol. The maximum Gasteiger partial charge on any atom is 0.0766 e. The normalized spacial score (nSPS) is 7.44. The standard InChI is InChI=1S/C6H10O.C4H10O.C3H6O/c1-3-5-7-6-4-2;1-3-5-4-2;1-3-4-2/h3-4H,1-2,5-6H2;3-4H2,1-2H3;3H,1H2,2H3. The Hall–Kier alpha value is -1.06. The summed E-state index contributed by atoms with van der Waals surface area (Å²) in [6.45, 7) is 17.1. The van der Waals surface area contributed by atoms with Crippen molar-refractivity contribution in [3.63, 3.8) is 0 Å². The van der Waals surface area contributed by atoms with Crippen molar-refractivity contribution in [2.45, 2.75) is 13.8 Å². The summed E-state index contributed by atoms with van der Waals surface area (Å²) in [6.07, 6.45) is 4.80. The minimum absolute atomic E-state index is 0.617. The van der Waals surface area contributed by atoms with Crippen LogP contribution in [0, 0.1) is 0 Å². The molecule has 0 aromatic carbocycles. The molecule has 0 amide bonds. The van der Waals surface area contributed by atoms with Crippen molar-refractivity contribution >= 4 is 0 Å². The van der Waals surface area contributed by atoms with Crippen molar-refractivity contribution < 1.29 is 14.2 Å². The maximum atomic E-state index is 4.90. The van der Waals surface area contributed by atoms with Crippen LogP contribution in [0.2, 0.25) is 0 Å². The highest BCUT2D eigenvalue weighted by atomic mass is 16.5. The third kappa shape index (κ3) is 52.3. The highest BCUT2D eigenvalue weighted by Crippen LogP contribution is 1.72. The zero-order valence-electron chi connectivity index (χ0n) is 10.9. The summed E-state index contributed by atoms with van der Waals surface area (Å²) in [6, 6.07) is 0. The van der Waals surface area contributed by atoms with Gasteiger partial charge in [0, 0.05) is 13.2 Å². The molecular weight excluding hydrogens is 204 g/mol. The Balaban J connectivity index is -0.000000166. The number of hydrogen-bond acceptors (Lipinski definition) is 3. The van der Waals surface area contributed by atoms with Gasteiger partial charge < -0.3 is 14.2 Å². The average Bonchev–Trinajstić information content (AvgIpc) is 2.32. The molecule has 16 heavy (non-hydrogen) atoms. The van der Waals surface area contributed by atoms with Crippen molar-refractivity contribution in [3.8, 4) is 0 Å². The van der Waals surface area contributed by atoms with Crippen molar-refractivity contribution in [2.75, 3.05) is 33.5 Å². The first-order valence-electron chi connectivity index (χ1n) is 5.25. The molecule has 0 aliphatic heterocycles. The van der Waals surface area contributed by atoms with Gasteiger partial charge in [0.05, 0.1) is 26.6 Å². The molecule has 0 aliphatic rings. The Morgan fingerprint density at radius 3 is 1.38 bits per heavy atom. The molecule has 0 N–H and O–H groups in total. The van der Waals surface area contributed by atoms with E-state index in [1.807, 2.05) is 13.8 Å². The number of methoxy groups -OCH3 is 1. The molecule has 0 aromatic rings. The fraction of sp³-hybridized carbons (Fsp3) is 0.538. The van der Waals surface area contributed by atoms with Gasteiger partial charge in [0.2, 0.25) is 0 Å². The van der Waals surface area contributed by atoms with Gasteiger partial charge >= 0.3 is 0 Å². The summed E-state index contributed by atoms with van der Waals surface area (Å²) in [7, 11) is 1.56. The van der Waals surface area contributed by atoms with Gasteiger partial charge in [-0.2, -0.15) is 0 Å².